The maximum absolute atomic E-state index is 13.0. The molecule has 3 heterocycles. The number of hydrogen-bond acceptors (Lipinski definition) is 21. The van der Waals surface area contributed by atoms with Crippen molar-refractivity contribution < 1.29 is 107 Å². The van der Waals surface area contributed by atoms with Crippen LogP contribution < -0.4 is 5.32 Å². The molecule has 13 N–H and O–H groups in total. The van der Waals surface area contributed by atoms with E-state index in [1.54, 1.807) is 0 Å². The second kappa shape index (κ2) is 15.8. The second-order valence-corrected chi connectivity index (χ2v) is 12.1. The van der Waals surface area contributed by atoms with Crippen molar-refractivity contribution in [3.8, 4) is 0 Å². The molecule has 3 rings (SSSR count). The molecule has 3 saturated heterocycles. The van der Waals surface area contributed by atoms with Crippen molar-refractivity contribution in [1.29, 1.82) is 0 Å². The Kier molecular flexibility index (Phi) is 13.4. The smallest absolute Gasteiger partial charge is 0.397 e. The molecule has 0 radical (unpaired) electrons. The summed E-state index contributed by atoms with van der Waals surface area (Å²) in [7, 11) is -5.35. The van der Waals surface area contributed by atoms with Crippen molar-refractivity contribution in [2.75, 3.05) is 19.8 Å². The van der Waals surface area contributed by atoms with Gasteiger partial charge in [-0.2, -0.15) is 8.42 Å². The van der Waals surface area contributed by atoms with Crippen LogP contribution in [0.4, 0.5) is 0 Å². The third-order valence-corrected chi connectivity index (χ3v) is 8.04. The normalized spacial score (nSPS) is 42.7. The van der Waals surface area contributed by atoms with Gasteiger partial charge in [0.05, 0.1) is 25.4 Å². The number of esters is 1. The van der Waals surface area contributed by atoms with E-state index in [9.17, 15) is 74.2 Å². The summed E-state index contributed by atoms with van der Waals surface area (Å²) in [5.74, 6) is -5.52. The lowest BCUT2D eigenvalue weighted by molar-refractivity contribution is -0.353. The van der Waals surface area contributed by atoms with E-state index >= 15 is 0 Å². The summed E-state index contributed by atoms with van der Waals surface area (Å²) in [4.78, 5) is 24.6. The molecule has 0 aromatic rings. The lowest BCUT2D eigenvalue weighted by atomic mass is 9.88. The highest BCUT2D eigenvalue weighted by atomic mass is 32.3. The predicted octanol–water partition coefficient (Wildman–Crippen LogP) is -8.96. The first kappa shape index (κ1) is 39.6. The van der Waals surface area contributed by atoms with Gasteiger partial charge < -0.3 is 85.2 Å². The highest BCUT2D eigenvalue weighted by Crippen LogP contribution is 2.33. The molecule has 23 nitrogen and oxygen atoms in total. The van der Waals surface area contributed by atoms with Crippen LogP contribution in [0.3, 0.4) is 0 Å². The van der Waals surface area contributed by atoms with Crippen molar-refractivity contribution in [3.63, 3.8) is 0 Å². The molecule has 0 saturated carbocycles. The highest BCUT2D eigenvalue weighted by Gasteiger charge is 2.56. The van der Waals surface area contributed by atoms with Gasteiger partial charge in [-0.1, -0.05) is 0 Å². The number of carbonyl (C=O) groups is 2. The standard InChI is InChI=1S/C23H39NO22S/c1-6(27)24-11-7(28)2-23(37,45-18(11)12(30)8(29)3-25)22(36)41-5-10-13(31)14(32)15(33)21(43-10)44-17-9(4-26)42-20(35)16(34)19(17)46-47(38,39)40/h7-21,25-26,28-35,37H,2-5H2,1H3,(H,24,27)(H,38,39,40)/t7-,8+,9+,10+,11+,12+,13-,14-,15+,16+,17+,18+,19+,20-,21-,23-/m0/s1. The Morgan fingerprint density at radius 2 is 1.60 bits per heavy atom. The fourth-order valence-corrected chi connectivity index (χ4v) is 5.70. The summed E-state index contributed by atoms with van der Waals surface area (Å²) in [5.41, 5.74) is 0. The molecule has 16 atom stereocenters. The average Bonchev–Trinajstić information content (AvgIpc) is 2.99. The summed E-state index contributed by atoms with van der Waals surface area (Å²) >= 11 is 0. The SMILES string of the molecule is CC(=O)N[C@H]1[C@H]([C@H](O)[C@H](O)CO)O[C@](O)(C(=O)OC[C@H]2O[C@@H](O[C@H]3[C@H](OS(=O)(=O)O)[C@@H](O)[C@@H](O)O[C@@H]3CO)[C@H](O)[C@@H](O)[C@H]2O)C[C@@H]1O. The molecular formula is C23H39NO22S. The van der Waals surface area contributed by atoms with E-state index in [2.05, 4.69) is 9.50 Å². The molecule has 0 aliphatic carbocycles. The van der Waals surface area contributed by atoms with Gasteiger partial charge in [-0.25, -0.2) is 8.98 Å². The van der Waals surface area contributed by atoms with Crippen LogP contribution in [0.5, 0.6) is 0 Å². The lowest BCUT2D eigenvalue weighted by Gasteiger charge is -2.46. The van der Waals surface area contributed by atoms with Crippen LogP contribution in [0.1, 0.15) is 13.3 Å². The fourth-order valence-electron chi connectivity index (χ4n) is 5.19. The Morgan fingerprint density at radius 3 is 2.15 bits per heavy atom. The summed E-state index contributed by atoms with van der Waals surface area (Å²) in [6, 6.07) is -1.51. The van der Waals surface area contributed by atoms with Gasteiger partial charge in [0.1, 0.15) is 73.8 Å². The molecular weight excluding hydrogens is 674 g/mol. The van der Waals surface area contributed by atoms with E-state index in [0.717, 1.165) is 6.92 Å². The first-order chi connectivity index (χ1) is 21.7. The van der Waals surface area contributed by atoms with Gasteiger partial charge in [-0.05, 0) is 0 Å². The topological polar surface area (TPSA) is 378 Å². The van der Waals surface area contributed by atoms with Gasteiger partial charge in [0.15, 0.2) is 12.6 Å². The molecule has 0 bridgehead atoms. The number of aliphatic hydroxyl groups excluding tert-OH is 10. The zero-order chi connectivity index (χ0) is 35.6. The van der Waals surface area contributed by atoms with Crippen LogP contribution in [-0.4, -0.2) is 198 Å². The molecule has 24 heteroatoms. The minimum atomic E-state index is -5.35. The first-order valence-electron chi connectivity index (χ1n) is 13.9. The Bertz CT molecular complexity index is 1180. The Balaban J connectivity index is 1.78. The van der Waals surface area contributed by atoms with Crippen LogP contribution in [0.2, 0.25) is 0 Å². The van der Waals surface area contributed by atoms with E-state index in [1.807, 2.05) is 0 Å². The van der Waals surface area contributed by atoms with E-state index in [4.69, 9.17) is 28.2 Å². The second-order valence-electron chi connectivity index (χ2n) is 11.0. The molecule has 274 valence electrons. The number of nitrogens with one attached hydrogen (secondary N) is 1. The van der Waals surface area contributed by atoms with Gasteiger partial charge in [-0.15, -0.1) is 0 Å². The maximum atomic E-state index is 13.0. The molecule has 3 aliphatic heterocycles. The van der Waals surface area contributed by atoms with Gasteiger partial charge in [-0.3, -0.25) is 9.35 Å². The minimum Gasteiger partial charge on any atom is -0.459 e. The largest absolute Gasteiger partial charge is 0.459 e. The molecule has 0 aromatic heterocycles. The zero-order valence-electron chi connectivity index (χ0n) is 24.3. The Labute approximate surface area is 265 Å². The Morgan fingerprint density at radius 1 is 0.957 bits per heavy atom. The molecule has 0 spiro atoms. The number of amides is 1. The van der Waals surface area contributed by atoms with Gasteiger partial charge in [0.25, 0.3) is 5.79 Å². The van der Waals surface area contributed by atoms with Crippen LogP contribution in [-0.2, 0) is 47.9 Å². The Hall–Kier alpha value is -1.79. The molecule has 0 unspecified atom stereocenters. The highest BCUT2D eigenvalue weighted by molar-refractivity contribution is 7.80. The number of aliphatic hydroxyl groups is 11. The summed E-state index contributed by atoms with van der Waals surface area (Å²) < 4.78 is 62.1. The van der Waals surface area contributed by atoms with E-state index in [-0.39, 0.29) is 0 Å². The van der Waals surface area contributed by atoms with Crippen molar-refractivity contribution in [2.45, 2.75) is 111 Å². The molecule has 47 heavy (non-hydrogen) atoms. The van der Waals surface area contributed by atoms with E-state index < -0.39 is 146 Å². The van der Waals surface area contributed by atoms with Gasteiger partial charge in [0.2, 0.25) is 5.91 Å². The third-order valence-electron chi connectivity index (χ3n) is 7.58. The number of ether oxygens (including phenoxy) is 5. The van der Waals surface area contributed by atoms with Gasteiger partial charge >= 0.3 is 16.4 Å². The summed E-state index contributed by atoms with van der Waals surface area (Å²) in [5, 5.41) is 114. The molecule has 3 aliphatic rings. The number of rotatable bonds is 12. The van der Waals surface area contributed by atoms with E-state index in [1.165, 1.54) is 0 Å². The van der Waals surface area contributed by atoms with E-state index in [0.29, 0.717) is 0 Å². The monoisotopic (exact) mass is 713 g/mol. The lowest BCUT2D eigenvalue weighted by Crippen LogP contribution is -2.67. The van der Waals surface area contributed by atoms with Crippen LogP contribution in [0.15, 0.2) is 0 Å². The first-order valence-corrected chi connectivity index (χ1v) is 15.2. The predicted molar refractivity (Wildman–Crippen MR) is 140 cm³/mol. The molecule has 3 fully saturated rings. The third kappa shape index (κ3) is 9.26. The van der Waals surface area contributed by atoms with Crippen molar-refractivity contribution in [3.05, 3.63) is 0 Å². The molecule has 1 amide bonds. The molecule has 0 aromatic carbocycles. The average molecular weight is 714 g/mol. The maximum Gasteiger partial charge on any atom is 0.397 e. The van der Waals surface area contributed by atoms with Crippen molar-refractivity contribution >= 4 is 22.3 Å². The van der Waals surface area contributed by atoms with Crippen LogP contribution >= 0.6 is 0 Å². The quantitative estimate of drug-likeness (QED) is 0.0659. The number of carbonyl (C=O) groups excluding carboxylic acids is 2. The van der Waals surface area contributed by atoms with Crippen LogP contribution in [0, 0.1) is 0 Å². The summed E-state index contributed by atoms with van der Waals surface area (Å²) in [6.45, 7) is -2.11. The minimum absolute atomic E-state index is 0.742. The summed E-state index contributed by atoms with van der Waals surface area (Å²) in [6.07, 6.45) is -29.3. The van der Waals surface area contributed by atoms with Gasteiger partial charge in [0, 0.05) is 13.3 Å². The zero-order valence-corrected chi connectivity index (χ0v) is 25.2. The van der Waals surface area contributed by atoms with Crippen molar-refractivity contribution in [1.82, 2.24) is 5.32 Å². The number of hydrogen-bond donors (Lipinski definition) is 13. The van der Waals surface area contributed by atoms with Crippen molar-refractivity contribution in [2.24, 2.45) is 0 Å². The fraction of sp³-hybridized carbons (Fsp3) is 0.913. The van der Waals surface area contributed by atoms with Crippen LogP contribution in [0.25, 0.3) is 0 Å².